The summed E-state index contributed by atoms with van der Waals surface area (Å²) < 4.78 is 0. The van der Waals surface area contributed by atoms with Gasteiger partial charge in [-0.25, -0.2) is 0 Å². The first-order chi connectivity index (χ1) is 7.88. The van der Waals surface area contributed by atoms with Crippen LogP contribution >= 0.6 is 0 Å². The number of carbonyl (C=O) groups is 1. The van der Waals surface area contributed by atoms with Crippen molar-refractivity contribution >= 4 is 12.0 Å². The second kappa shape index (κ2) is 8.19. The van der Waals surface area contributed by atoms with Crippen LogP contribution in [0.15, 0.2) is 36.4 Å². The molecule has 17 heavy (non-hydrogen) atoms. The van der Waals surface area contributed by atoms with Crippen LogP contribution in [0.5, 0.6) is 0 Å². The van der Waals surface area contributed by atoms with Gasteiger partial charge in [0.1, 0.15) is 0 Å². The molecule has 1 aromatic rings. The number of benzene rings is 1. The van der Waals surface area contributed by atoms with Gasteiger partial charge in [-0.1, -0.05) is 20.8 Å². The average Bonchev–Trinajstić information content (AvgIpc) is 2.27. The van der Waals surface area contributed by atoms with Crippen molar-refractivity contribution in [3.05, 3.63) is 42.0 Å². The Morgan fingerprint density at radius 1 is 1.29 bits per heavy atom. The van der Waals surface area contributed by atoms with Crippen molar-refractivity contribution in [1.29, 1.82) is 0 Å². The van der Waals surface area contributed by atoms with E-state index in [9.17, 15) is 9.90 Å². The summed E-state index contributed by atoms with van der Waals surface area (Å²) in [6, 6.07) is 10.4. The first-order valence-electron chi connectivity index (χ1n) is 5.60. The molecule has 0 spiro atoms. The molecule has 0 fully saturated rings. The van der Waals surface area contributed by atoms with E-state index in [0.717, 1.165) is 0 Å². The van der Waals surface area contributed by atoms with Crippen LogP contribution in [0.1, 0.15) is 26.3 Å². The summed E-state index contributed by atoms with van der Waals surface area (Å²) in [7, 11) is 0. The van der Waals surface area contributed by atoms with Crippen molar-refractivity contribution in [2.45, 2.75) is 25.8 Å². The molecule has 0 saturated heterocycles. The Morgan fingerprint density at radius 3 is 2.12 bits per heavy atom. The third kappa shape index (κ3) is 8.82. The molecule has 0 bridgehead atoms. The van der Waals surface area contributed by atoms with Gasteiger partial charge in [0.25, 0.3) is 0 Å². The van der Waals surface area contributed by atoms with Gasteiger partial charge in [-0.15, -0.1) is 0 Å². The van der Waals surface area contributed by atoms with E-state index in [-0.39, 0.29) is 0 Å². The van der Waals surface area contributed by atoms with Crippen LogP contribution < -0.4 is 5.11 Å². The van der Waals surface area contributed by atoms with Gasteiger partial charge >= 0.3 is 71.4 Å². The molecule has 3 heteroatoms. The Bertz CT molecular complexity index is 350. The minimum absolute atomic E-state index is 0.694. The molecule has 0 amide bonds. The monoisotopic (exact) mass is 282 g/mol. The first kappa shape index (κ1) is 16.1. The predicted octanol–water partition coefficient (Wildman–Crippen LogP) is 2.45. The van der Waals surface area contributed by atoms with Crippen molar-refractivity contribution in [3.63, 3.8) is 0 Å². The second-order valence-corrected chi connectivity index (χ2v) is 5.85. The van der Waals surface area contributed by atoms with Gasteiger partial charge in [-0.05, 0) is 0 Å². The van der Waals surface area contributed by atoms with Gasteiger partial charge in [0.2, 0.25) is 0 Å². The van der Waals surface area contributed by atoms with Crippen molar-refractivity contribution in [3.8, 4) is 0 Å². The van der Waals surface area contributed by atoms with Crippen LogP contribution in [0.2, 0.25) is 5.02 Å². The van der Waals surface area contributed by atoms with E-state index in [1.54, 1.807) is 20.8 Å². The van der Waals surface area contributed by atoms with E-state index >= 15 is 0 Å². The number of aliphatic carboxylic acids is 1. The number of carbonyl (C=O) groups excluding carboxylic acids is 1. The van der Waals surface area contributed by atoms with E-state index in [2.05, 4.69) is 36.4 Å². The quantitative estimate of drug-likeness (QED) is 0.782. The van der Waals surface area contributed by atoms with Gasteiger partial charge in [0.15, 0.2) is 0 Å². The number of hydrogen-bond donors (Lipinski definition) is 0. The van der Waals surface area contributed by atoms with Crippen LogP contribution in [-0.4, -0.2) is 5.97 Å². The molecule has 0 aliphatic carbocycles. The summed E-state index contributed by atoms with van der Waals surface area (Å²) in [6.07, 6.45) is 4.39. The molecule has 1 aromatic carbocycles. The third-order valence-electron chi connectivity index (χ3n) is 1.89. The van der Waals surface area contributed by atoms with E-state index in [1.807, 2.05) is 6.07 Å². The Hall–Kier alpha value is -0.947. The van der Waals surface area contributed by atoms with Crippen LogP contribution in [0.25, 0.3) is 6.08 Å². The Kier molecular flexibility index (Phi) is 7.73. The van der Waals surface area contributed by atoms with Gasteiger partial charge in [-0.2, -0.15) is 0 Å². The van der Waals surface area contributed by atoms with Crippen molar-refractivity contribution < 1.29 is 28.2 Å². The summed E-state index contributed by atoms with van der Waals surface area (Å²) in [5.41, 5.74) is 0.607. The number of carboxylic acids is 1. The Labute approximate surface area is 113 Å². The van der Waals surface area contributed by atoms with Crippen molar-refractivity contribution in [2.24, 2.45) is 5.41 Å². The number of hydrogen-bond acceptors (Lipinski definition) is 2. The molecule has 0 saturated carbocycles. The number of rotatable bonds is 2. The molecule has 1 rings (SSSR count). The van der Waals surface area contributed by atoms with Gasteiger partial charge in [-0.3, -0.25) is 0 Å². The van der Waals surface area contributed by atoms with E-state index in [1.165, 1.54) is 28.9 Å². The van der Waals surface area contributed by atoms with E-state index in [4.69, 9.17) is 0 Å². The summed E-state index contributed by atoms with van der Waals surface area (Å²) in [5.74, 6) is -1.01. The third-order valence-corrected chi connectivity index (χ3v) is 2.59. The second-order valence-electron chi connectivity index (χ2n) is 4.64. The van der Waals surface area contributed by atoms with Crippen molar-refractivity contribution in [1.82, 2.24) is 0 Å². The summed E-state index contributed by atoms with van der Waals surface area (Å²) >= 11 is 1.35. The normalized spacial score (nSPS) is 10.9. The fourth-order valence-electron chi connectivity index (χ4n) is 0.784. The fourth-order valence-corrected chi connectivity index (χ4v) is 1.13. The molecular weight excluding hydrogens is 266 g/mol. The molecule has 0 heterocycles. The van der Waals surface area contributed by atoms with Crippen LogP contribution in [0, 0.1) is 5.41 Å². The Morgan fingerprint density at radius 2 is 1.76 bits per heavy atom. The zero-order chi connectivity index (χ0) is 13.3. The Balaban J connectivity index is 0.000000325. The van der Waals surface area contributed by atoms with Crippen LogP contribution in [0.3, 0.4) is 0 Å². The number of carboxylic acid groups (broad SMARTS) is 1. The zero-order valence-corrected chi connectivity index (χ0v) is 13.7. The van der Waals surface area contributed by atoms with Gasteiger partial charge in [0.05, 0.1) is 0 Å². The molecule has 0 aliphatic heterocycles. The molecule has 0 aliphatic rings. The maximum atomic E-state index is 9.91. The molecule has 2 nitrogen and oxygen atoms in total. The molecule has 0 atom stereocenters. The SMILES string of the molecule is CC(C)(C)C(=O)[O-].[Zn+][CH2]C=Cc1ccccc1. The molecule has 0 aromatic heterocycles. The first-order valence-corrected chi connectivity index (χ1v) is 7.70. The fraction of sp³-hybridized carbons (Fsp3) is 0.357. The van der Waals surface area contributed by atoms with Crippen LogP contribution in [0.4, 0.5) is 0 Å². The maximum absolute atomic E-state index is 9.91. The topological polar surface area (TPSA) is 40.1 Å². The van der Waals surface area contributed by atoms with Crippen LogP contribution in [-0.2, 0) is 23.1 Å². The molecular formula is C14H18O2Zn. The predicted molar refractivity (Wildman–Crippen MR) is 64.7 cm³/mol. The van der Waals surface area contributed by atoms with Gasteiger partial charge in [0, 0.05) is 11.4 Å². The van der Waals surface area contributed by atoms with Gasteiger partial charge < -0.3 is 9.90 Å². The average molecular weight is 284 g/mol. The number of allylic oxidation sites excluding steroid dienone is 1. The summed E-state index contributed by atoms with van der Waals surface area (Å²) in [5, 5.41) is 11.1. The standard InChI is InChI=1S/C9H9.C5H10O2.Zn/c1-2-6-9-7-4-3-5-8-9;1-5(2,3)4(6)7;/h2-8H,1H2;1-3H3,(H,6,7);/q;;+1/p-1. The van der Waals surface area contributed by atoms with Crippen molar-refractivity contribution in [2.75, 3.05) is 0 Å². The summed E-state index contributed by atoms with van der Waals surface area (Å²) in [4.78, 5) is 9.91. The molecule has 0 N–H and O–H groups in total. The minimum atomic E-state index is -1.01. The van der Waals surface area contributed by atoms with E-state index < -0.39 is 11.4 Å². The zero-order valence-electron chi connectivity index (χ0n) is 10.8. The molecule has 0 unspecified atom stereocenters. The molecule has 88 valence electrons. The van der Waals surface area contributed by atoms with E-state index in [0.29, 0.717) is 0 Å². The summed E-state index contributed by atoms with van der Waals surface area (Å²) in [6.45, 7) is 4.80. The molecule has 0 radical (unpaired) electrons.